The third kappa shape index (κ3) is 5.47. The molecule has 2 N–H and O–H groups in total. The van der Waals surface area contributed by atoms with Gasteiger partial charge < -0.3 is 10.6 Å². The predicted octanol–water partition coefficient (Wildman–Crippen LogP) is 0.585. The molecular formula is C12H25N3O. The van der Waals surface area contributed by atoms with Crippen molar-refractivity contribution < 1.29 is 4.79 Å². The molecule has 0 aromatic rings. The normalized spacial score (nSPS) is 21.4. The minimum atomic E-state index is 0.119. The van der Waals surface area contributed by atoms with Crippen molar-refractivity contribution in [3.8, 4) is 0 Å². The summed E-state index contributed by atoms with van der Waals surface area (Å²) in [6.07, 6.45) is 3.83. The second kappa shape index (κ2) is 6.86. The molecule has 0 radical (unpaired) electrons. The molecule has 0 aromatic heterocycles. The molecule has 1 heterocycles. The molecule has 4 heteroatoms. The lowest BCUT2D eigenvalue weighted by atomic mass is 10.0. The van der Waals surface area contributed by atoms with Crippen LogP contribution in [0.5, 0.6) is 0 Å². The highest BCUT2D eigenvalue weighted by Crippen LogP contribution is 2.07. The molecule has 1 aliphatic heterocycles. The third-order valence-corrected chi connectivity index (χ3v) is 2.81. The number of piperidine rings is 1. The molecule has 0 bridgehead atoms. The van der Waals surface area contributed by atoms with Gasteiger partial charge in [0.1, 0.15) is 0 Å². The number of hydrogen-bond donors (Lipinski definition) is 2. The van der Waals surface area contributed by atoms with Crippen molar-refractivity contribution >= 4 is 5.91 Å². The van der Waals surface area contributed by atoms with Gasteiger partial charge in [-0.2, -0.15) is 0 Å². The molecule has 1 amide bonds. The Morgan fingerprint density at radius 3 is 2.81 bits per heavy atom. The fraction of sp³-hybridized carbons (Fsp3) is 0.917. The topological polar surface area (TPSA) is 44.4 Å². The van der Waals surface area contributed by atoms with Gasteiger partial charge in [-0.05, 0) is 40.3 Å². The van der Waals surface area contributed by atoms with Crippen LogP contribution in [0.25, 0.3) is 0 Å². The maximum atomic E-state index is 11.5. The van der Waals surface area contributed by atoms with Crippen molar-refractivity contribution in [1.29, 1.82) is 0 Å². The summed E-state index contributed by atoms with van der Waals surface area (Å²) in [5.41, 5.74) is 0. The van der Waals surface area contributed by atoms with E-state index in [-0.39, 0.29) is 11.9 Å². The van der Waals surface area contributed by atoms with E-state index >= 15 is 0 Å². The van der Waals surface area contributed by atoms with E-state index in [0.717, 1.165) is 13.1 Å². The summed E-state index contributed by atoms with van der Waals surface area (Å²) in [5.74, 6) is 0.119. The van der Waals surface area contributed by atoms with Crippen LogP contribution in [0.2, 0.25) is 0 Å². The van der Waals surface area contributed by atoms with Gasteiger partial charge in [0.05, 0.1) is 6.54 Å². The summed E-state index contributed by atoms with van der Waals surface area (Å²) in [6.45, 7) is 6.56. The monoisotopic (exact) mass is 227 g/mol. The zero-order chi connectivity index (χ0) is 12.0. The van der Waals surface area contributed by atoms with E-state index in [9.17, 15) is 4.79 Å². The zero-order valence-electron chi connectivity index (χ0n) is 10.8. The highest BCUT2D eigenvalue weighted by atomic mass is 16.2. The lowest BCUT2D eigenvalue weighted by Gasteiger charge is -2.28. The van der Waals surface area contributed by atoms with E-state index in [0.29, 0.717) is 12.6 Å². The number of likely N-dealkylation sites (N-methyl/N-ethyl adjacent to an activating group) is 1. The van der Waals surface area contributed by atoms with E-state index in [4.69, 9.17) is 0 Å². The van der Waals surface area contributed by atoms with Crippen LogP contribution in [-0.4, -0.2) is 49.6 Å². The van der Waals surface area contributed by atoms with Crippen LogP contribution >= 0.6 is 0 Å². The SMILES string of the molecule is CC(C)NC(=O)CN(C)CC1CCCCN1. The first-order valence-electron chi connectivity index (χ1n) is 6.29. The summed E-state index contributed by atoms with van der Waals surface area (Å²) in [6, 6.07) is 0.791. The number of rotatable bonds is 5. The van der Waals surface area contributed by atoms with Gasteiger partial charge in [0.2, 0.25) is 5.91 Å². The Bertz CT molecular complexity index is 212. The molecule has 1 rings (SSSR count). The zero-order valence-corrected chi connectivity index (χ0v) is 10.8. The van der Waals surface area contributed by atoms with Gasteiger partial charge in [-0.3, -0.25) is 9.69 Å². The van der Waals surface area contributed by atoms with E-state index in [1.54, 1.807) is 0 Å². The van der Waals surface area contributed by atoms with Crippen molar-refractivity contribution in [2.24, 2.45) is 0 Å². The predicted molar refractivity (Wildman–Crippen MR) is 66.4 cm³/mol. The number of nitrogens with one attached hydrogen (secondary N) is 2. The van der Waals surface area contributed by atoms with Crippen molar-refractivity contribution in [1.82, 2.24) is 15.5 Å². The Kier molecular flexibility index (Phi) is 5.77. The summed E-state index contributed by atoms with van der Waals surface area (Å²) < 4.78 is 0. The Morgan fingerprint density at radius 1 is 1.50 bits per heavy atom. The maximum absolute atomic E-state index is 11.5. The standard InChI is InChI=1S/C12H25N3O/c1-10(2)14-12(16)9-15(3)8-11-6-4-5-7-13-11/h10-11,13H,4-9H2,1-3H3,(H,14,16). The quantitative estimate of drug-likeness (QED) is 0.722. The Morgan fingerprint density at radius 2 is 2.25 bits per heavy atom. The molecule has 4 nitrogen and oxygen atoms in total. The average molecular weight is 227 g/mol. The Labute approximate surface area is 98.8 Å². The molecule has 0 saturated carbocycles. The first-order chi connectivity index (χ1) is 7.58. The van der Waals surface area contributed by atoms with Gasteiger partial charge in [-0.15, -0.1) is 0 Å². The van der Waals surface area contributed by atoms with Crippen LogP contribution in [-0.2, 0) is 4.79 Å². The molecular weight excluding hydrogens is 202 g/mol. The Hall–Kier alpha value is -0.610. The van der Waals surface area contributed by atoms with E-state index in [1.165, 1.54) is 19.3 Å². The summed E-state index contributed by atoms with van der Waals surface area (Å²) in [5, 5.41) is 6.40. The highest BCUT2D eigenvalue weighted by molar-refractivity contribution is 5.78. The summed E-state index contributed by atoms with van der Waals surface area (Å²) in [7, 11) is 2.01. The van der Waals surface area contributed by atoms with E-state index < -0.39 is 0 Å². The highest BCUT2D eigenvalue weighted by Gasteiger charge is 2.16. The van der Waals surface area contributed by atoms with Gasteiger partial charge in [-0.1, -0.05) is 6.42 Å². The lowest BCUT2D eigenvalue weighted by molar-refractivity contribution is -0.122. The smallest absolute Gasteiger partial charge is 0.234 e. The van der Waals surface area contributed by atoms with Crippen LogP contribution in [0.3, 0.4) is 0 Å². The Balaban J connectivity index is 2.18. The maximum Gasteiger partial charge on any atom is 0.234 e. The molecule has 1 atom stereocenters. The molecule has 0 spiro atoms. The summed E-state index contributed by atoms with van der Waals surface area (Å²) in [4.78, 5) is 13.6. The second-order valence-corrected chi connectivity index (χ2v) is 5.07. The molecule has 1 unspecified atom stereocenters. The number of nitrogens with zero attached hydrogens (tertiary/aromatic N) is 1. The first-order valence-corrected chi connectivity index (χ1v) is 6.29. The first kappa shape index (κ1) is 13.5. The van der Waals surface area contributed by atoms with Gasteiger partial charge in [0.15, 0.2) is 0 Å². The molecule has 1 aliphatic rings. The number of carbonyl (C=O) groups is 1. The van der Waals surface area contributed by atoms with Crippen LogP contribution in [0.4, 0.5) is 0 Å². The number of carbonyl (C=O) groups excluding carboxylic acids is 1. The fourth-order valence-corrected chi connectivity index (χ4v) is 2.13. The molecule has 94 valence electrons. The van der Waals surface area contributed by atoms with Crippen LogP contribution in [0, 0.1) is 0 Å². The third-order valence-electron chi connectivity index (χ3n) is 2.81. The second-order valence-electron chi connectivity index (χ2n) is 5.07. The number of hydrogen-bond acceptors (Lipinski definition) is 3. The van der Waals surface area contributed by atoms with E-state index in [2.05, 4.69) is 15.5 Å². The molecule has 1 fully saturated rings. The van der Waals surface area contributed by atoms with Crippen molar-refractivity contribution in [3.63, 3.8) is 0 Å². The molecule has 0 aliphatic carbocycles. The average Bonchev–Trinajstić information content (AvgIpc) is 2.17. The lowest BCUT2D eigenvalue weighted by Crippen LogP contribution is -2.46. The van der Waals surface area contributed by atoms with Crippen LogP contribution in [0.1, 0.15) is 33.1 Å². The molecule has 16 heavy (non-hydrogen) atoms. The summed E-state index contributed by atoms with van der Waals surface area (Å²) >= 11 is 0. The van der Waals surface area contributed by atoms with Crippen molar-refractivity contribution in [2.75, 3.05) is 26.7 Å². The minimum absolute atomic E-state index is 0.119. The van der Waals surface area contributed by atoms with Crippen molar-refractivity contribution in [3.05, 3.63) is 0 Å². The van der Waals surface area contributed by atoms with Gasteiger partial charge >= 0.3 is 0 Å². The fourth-order valence-electron chi connectivity index (χ4n) is 2.13. The van der Waals surface area contributed by atoms with Gasteiger partial charge in [-0.25, -0.2) is 0 Å². The number of amides is 1. The minimum Gasteiger partial charge on any atom is -0.353 e. The van der Waals surface area contributed by atoms with Gasteiger partial charge in [0.25, 0.3) is 0 Å². The van der Waals surface area contributed by atoms with E-state index in [1.807, 2.05) is 20.9 Å². The largest absolute Gasteiger partial charge is 0.353 e. The molecule has 0 aromatic carbocycles. The van der Waals surface area contributed by atoms with Crippen LogP contribution < -0.4 is 10.6 Å². The van der Waals surface area contributed by atoms with Crippen molar-refractivity contribution in [2.45, 2.75) is 45.2 Å². The van der Waals surface area contributed by atoms with Crippen LogP contribution in [0.15, 0.2) is 0 Å². The molecule has 1 saturated heterocycles. The van der Waals surface area contributed by atoms with Gasteiger partial charge in [0, 0.05) is 18.6 Å².